The number of carbonyl (C=O) groups is 3. The maximum absolute atomic E-state index is 13.1. The Morgan fingerprint density at radius 3 is 2.31 bits per heavy atom. The fourth-order valence-corrected chi connectivity index (χ4v) is 5.55. The minimum Gasteiger partial charge on any atom is -0.353 e. The Kier molecular flexibility index (Phi) is 8.93. The first-order chi connectivity index (χ1) is 18.7. The third-order valence-electron chi connectivity index (χ3n) is 6.11. The highest BCUT2D eigenvalue weighted by Crippen LogP contribution is 2.41. The van der Waals surface area contributed by atoms with Crippen molar-refractivity contribution in [3.8, 4) is 6.07 Å². The molecule has 0 aliphatic carbocycles. The molecule has 0 saturated heterocycles. The summed E-state index contributed by atoms with van der Waals surface area (Å²) in [6, 6.07) is 22.6. The van der Waals surface area contributed by atoms with Gasteiger partial charge in [0.05, 0.1) is 34.0 Å². The van der Waals surface area contributed by atoms with Gasteiger partial charge < -0.3 is 10.6 Å². The van der Waals surface area contributed by atoms with Crippen molar-refractivity contribution < 1.29 is 14.4 Å². The Labute approximate surface area is 240 Å². The Morgan fingerprint density at radius 1 is 1.00 bits per heavy atom. The Balaban J connectivity index is 1.58. The summed E-state index contributed by atoms with van der Waals surface area (Å²) in [6.45, 7) is 3.23. The van der Waals surface area contributed by atoms with Crippen LogP contribution in [0.4, 0.5) is 5.69 Å². The molecule has 0 bridgehead atoms. The molecule has 1 aliphatic rings. The number of anilines is 1. The molecule has 196 valence electrons. The van der Waals surface area contributed by atoms with E-state index >= 15 is 0 Å². The number of amides is 1. The summed E-state index contributed by atoms with van der Waals surface area (Å²) >= 11 is 13.3. The fraction of sp³-hybridized carbons (Fsp3) is 0.133. The first kappa shape index (κ1) is 28.2. The third-order valence-corrected chi connectivity index (χ3v) is 7.62. The SMILES string of the molecule is CC(=O)C1=C(C)NC(SCC(=O)Nc2ccc(Cl)cc2C(=O)c2ccccc2)=C(C#N)[C@H]1c1ccc(Cl)cc1. The first-order valence-corrected chi connectivity index (χ1v) is 13.6. The number of ketones is 2. The molecule has 6 nitrogen and oxygen atoms in total. The number of Topliss-reactive ketones (excluding diaryl/α,β-unsaturated/α-hetero) is 1. The van der Waals surface area contributed by atoms with Crippen LogP contribution in [0.3, 0.4) is 0 Å². The average Bonchev–Trinajstić information content (AvgIpc) is 2.92. The number of rotatable bonds is 8. The van der Waals surface area contributed by atoms with Crippen molar-refractivity contribution in [1.82, 2.24) is 5.32 Å². The number of nitrogens with zero attached hydrogens (tertiary/aromatic N) is 1. The quantitative estimate of drug-likeness (QED) is 0.284. The van der Waals surface area contributed by atoms with Crippen molar-refractivity contribution in [3.05, 3.63) is 121 Å². The summed E-state index contributed by atoms with van der Waals surface area (Å²) in [5, 5.41) is 17.4. The van der Waals surface area contributed by atoms with Crippen LogP contribution in [-0.4, -0.2) is 23.2 Å². The van der Waals surface area contributed by atoms with Crippen molar-refractivity contribution in [2.45, 2.75) is 19.8 Å². The molecule has 2 N–H and O–H groups in total. The van der Waals surface area contributed by atoms with Gasteiger partial charge in [0.25, 0.3) is 0 Å². The zero-order valence-corrected chi connectivity index (χ0v) is 23.4. The number of carbonyl (C=O) groups excluding carboxylic acids is 3. The second kappa shape index (κ2) is 12.4. The number of halogens is 2. The molecule has 4 rings (SSSR count). The van der Waals surface area contributed by atoms with Gasteiger partial charge in [0.15, 0.2) is 11.6 Å². The lowest BCUT2D eigenvalue weighted by Crippen LogP contribution is -2.28. The van der Waals surface area contributed by atoms with Crippen LogP contribution >= 0.6 is 35.0 Å². The van der Waals surface area contributed by atoms with E-state index in [2.05, 4.69) is 16.7 Å². The van der Waals surface area contributed by atoms with Gasteiger partial charge in [0.2, 0.25) is 5.91 Å². The first-order valence-electron chi connectivity index (χ1n) is 11.9. The van der Waals surface area contributed by atoms with Gasteiger partial charge in [0, 0.05) is 32.4 Å². The lowest BCUT2D eigenvalue weighted by Gasteiger charge is -2.29. The molecule has 1 heterocycles. The predicted molar refractivity (Wildman–Crippen MR) is 156 cm³/mol. The van der Waals surface area contributed by atoms with E-state index in [1.165, 1.54) is 13.0 Å². The number of nitriles is 1. The summed E-state index contributed by atoms with van der Waals surface area (Å²) in [5.74, 6) is -1.45. The van der Waals surface area contributed by atoms with Crippen LogP contribution < -0.4 is 10.6 Å². The largest absolute Gasteiger partial charge is 0.353 e. The van der Waals surface area contributed by atoms with Crippen LogP contribution in [0.2, 0.25) is 10.0 Å². The summed E-state index contributed by atoms with van der Waals surface area (Å²) in [6.07, 6.45) is 0. The molecule has 3 aromatic carbocycles. The van der Waals surface area contributed by atoms with Crippen molar-refractivity contribution in [3.63, 3.8) is 0 Å². The molecule has 39 heavy (non-hydrogen) atoms. The van der Waals surface area contributed by atoms with Gasteiger partial charge in [-0.1, -0.05) is 77.4 Å². The highest BCUT2D eigenvalue weighted by molar-refractivity contribution is 8.03. The maximum Gasteiger partial charge on any atom is 0.234 e. The van der Waals surface area contributed by atoms with Crippen molar-refractivity contribution >= 4 is 58.1 Å². The molecular formula is C30H23Cl2N3O3S. The molecule has 0 unspecified atom stereocenters. The van der Waals surface area contributed by atoms with Crippen LogP contribution in [0.5, 0.6) is 0 Å². The van der Waals surface area contributed by atoms with Crippen LogP contribution in [-0.2, 0) is 9.59 Å². The van der Waals surface area contributed by atoms with Gasteiger partial charge in [-0.25, -0.2) is 0 Å². The molecule has 0 spiro atoms. The van der Waals surface area contributed by atoms with Crippen LogP contribution in [0, 0.1) is 11.3 Å². The topological polar surface area (TPSA) is 99.1 Å². The zero-order valence-electron chi connectivity index (χ0n) is 21.0. The second-order valence-corrected chi connectivity index (χ2v) is 10.6. The number of allylic oxidation sites excluding steroid dienone is 3. The molecule has 1 amide bonds. The molecule has 3 aromatic rings. The number of thioether (sulfide) groups is 1. The Bertz CT molecular complexity index is 1560. The van der Waals surface area contributed by atoms with E-state index in [1.54, 1.807) is 67.6 Å². The number of dihydropyridines is 1. The van der Waals surface area contributed by atoms with E-state index in [4.69, 9.17) is 23.2 Å². The lowest BCUT2D eigenvalue weighted by molar-refractivity contribution is -0.114. The maximum atomic E-state index is 13.1. The van der Waals surface area contributed by atoms with E-state index in [0.717, 1.165) is 17.3 Å². The number of nitrogens with one attached hydrogen (secondary N) is 2. The van der Waals surface area contributed by atoms with Crippen molar-refractivity contribution in [2.24, 2.45) is 0 Å². The van der Waals surface area contributed by atoms with Crippen LogP contribution in [0.15, 0.2) is 94.7 Å². The number of hydrogen-bond donors (Lipinski definition) is 2. The second-order valence-electron chi connectivity index (χ2n) is 8.78. The summed E-state index contributed by atoms with van der Waals surface area (Å²) in [4.78, 5) is 38.6. The standard InChI is InChI=1S/C30H23Cl2N3O3S/c1-17-27(18(2)36)28(19-8-10-21(31)11-9-19)24(15-33)30(34-17)39-16-26(37)35-25-13-12-22(32)14-23(25)29(38)20-6-4-3-5-7-20/h3-14,28,34H,16H2,1-2H3,(H,35,37)/t28-/m1/s1. The molecule has 9 heteroatoms. The molecular weight excluding hydrogens is 553 g/mol. The van der Waals surface area contributed by atoms with Crippen molar-refractivity contribution in [2.75, 3.05) is 11.1 Å². The predicted octanol–water partition coefficient (Wildman–Crippen LogP) is 6.88. The fourth-order valence-electron chi connectivity index (χ4n) is 4.36. The van der Waals surface area contributed by atoms with Gasteiger partial charge in [-0.05, 0) is 49.7 Å². The number of hydrogen-bond acceptors (Lipinski definition) is 6. The minimum absolute atomic E-state index is 0.0505. The Hall–Kier alpha value is -3.83. The lowest BCUT2D eigenvalue weighted by atomic mass is 9.81. The highest BCUT2D eigenvalue weighted by Gasteiger charge is 2.33. The van der Waals surface area contributed by atoms with Crippen LogP contribution in [0.25, 0.3) is 0 Å². The molecule has 1 atom stereocenters. The van der Waals surface area contributed by atoms with Gasteiger partial charge in [-0.3, -0.25) is 14.4 Å². The van der Waals surface area contributed by atoms with Crippen LogP contribution in [0.1, 0.15) is 41.3 Å². The molecule has 0 saturated carbocycles. The zero-order chi connectivity index (χ0) is 28.1. The highest BCUT2D eigenvalue weighted by atomic mass is 35.5. The Morgan fingerprint density at radius 2 is 1.67 bits per heavy atom. The summed E-state index contributed by atoms with van der Waals surface area (Å²) < 4.78 is 0. The third kappa shape index (κ3) is 6.43. The minimum atomic E-state index is -0.595. The van der Waals surface area contributed by atoms with Gasteiger partial charge >= 0.3 is 0 Å². The smallest absolute Gasteiger partial charge is 0.234 e. The van der Waals surface area contributed by atoms with Gasteiger partial charge in [-0.15, -0.1) is 0 Å². The van der Waals surface area contributed by atoms with E-state index in [1.807, 2.05) is 6.07 Å². The molecule has 0 radical (unpaired) electrons. The summed E-state index contributed by atoms with van der Waals surface area (Å²) in [5.41, 5.74) is 3.24. The van der Waals surface area contributed by atoms with E-state index in [-0.39, 0.29) is 28.8 Å². The van der Waals surface area contributed by atoms with Gasteiger partial charge in [0.1, 0.15) is 0 Å². The normalized spacial score (nSPS) is 14.9. The average molecular weight is 577 g/mol. The van der Waals surface area contributed by atoms with Crippen molar-refractivity contribution in [1.29, 1.82) is 5.26 Å². The monoisotopic (exact) mass is 575 g/mol. The molecule has 1 aliphatic heterocycles. The van der Waals surface area contributed by atoms with E-state index in [9.17, 15) is 19.6 Å². The molecule has 0 fully saturated rings. The van der Waals surface area contributed by atoms with Gasteiger partial charge in [-0.2, -0.15) is 5.26 Å². The number of benzene rings is 3. The van der Waals surface area contributed by atoms with E-state index in [0.29, 0.717) is 43.2 Å². The summed E-state index contributed by atoms with van der Waals surface area (Å²) in [7, 11) is 0. The van der Waals surface area contributed by atoms with E-state index < -0.39 is 5.92 Å². The molecule has 0 aromatic heterocycles.